The highest BCUT2D eigenvalue weighted by atomic mass is 32.2. The van der Waals surface area contributed by atoms with Crippen LogP contribution in [-0.2, 0) is 14.8 Å². The Balaban J connectivity index is 2.54. The molecule has 112 valence electrons. The van der Waals surface area contributed by atoms with Crippen LogP contribution >= 0.6 is 0 Å². The van der Waals surface area contributed by atoms with Crippen molar-refractivity contribution in [3.8, 4) is 0 Å². The van der Waals surface area contributed by atoms with Crippen molar-refractivity contribution in [2.24, 2.45) is 5.73 Å². The summed E-state index contributed by atoms with van der Waals surface area (Å²) in [4.78, 5) is 13.9. The van der Waals surface area contributed by atoms with Crippen LogP contribution in [-0.4, -0.2) is 50.7 Å². The third kappa shape index (κ3) is 6.35. The molecule has 0 radical (unpaired) electrons. The Morgan fingerprint density at radius 2 is 2.16 bits per heavy atom. The lowest BCUT2D eigenvalue weighted by atomic mass is 10.0. The summed E-state index contributed by atoms with van der Waals surface area (Å²) >= 11 is 0. The largest absolute Gasteiger partial charge is 0.338 e. The molecule has 1 heterocycles. The van der Waals surface area contributed by atoms with Crippen molar-refractivity contribution in [2.75, 3.05) is 19.3 Å². The van der Waals surface area contributed by atoms with Crippen molar-refractivity contribution >= 4 is 15.9 Å². The van der Waals surface area contributed by atoms with Gasteiger partial charge >= 0.3 is 0 Å². The number of sulfonamides is 1. The molecule has 0 aromatic heterocycles. The van der Waals surface area contributed by atoms with Gasteiger partial charge in [0.25, 0.3) is 0 Å². The van der Waals surface area contributed by atoms with Crippen molar-refractivity contribution in [1.82, 2.24) is 9.62 Å². The number of rotatable bonds is 6. The summed E-state index contributed by atoms with van der Waals surface area (Å²) in [6.07, 6.45) is 5.12. The van der Waals surface area contributed by atoms with E-state index in [2.05, 4.69) is 4.72 Å². The molecule has 0 aromatic rings. The van der Waals surface area contributed by atoms with Crippen LogP contribution in [0.3, 0.4) is 0 Å². The van der Waals surface area contributed by atoms with E-state index >= 15 is 0 Å². The van der Waals surface area contributed by atoms with Gasteiger partial charge in [0.15, 0.2) is 0 Å². The fraction of sp³-hybridized carbons (Fsp3) is 0.917. The lowest BCUT2D eigenvalue weighted by molar-refractivity contribution is -0.134. The smallest absolute Gasteiger partial charge is 0.222 e. The summed E-state index contributed by atoms with van der Waals surface area (Å²) in [7, 11) is -3.21. The number of piperidine rings is 1. The van der Waals surface area contributed by atoms with E-state index in [4.69, 9.17) is 5.73 Å². The van der Waals surface area contributed by atoms with Gasteiger partial charge in [-0.3, -0.25) is 4.79 Å². The molecule has 3 N–H and O–H groups in total. The molecule has 2 atom stereocenters. The van der Waals surface area contributed by atoms with Crippen LogP contribution in [0.5, 0.6) is 0 Å². The molecule has 1 aliphatic rings. The molecule has 0 spiro atoms. The Hall–Kier alpha value is -0.660. The van der Waals surface area contributed by atoms with Gasteiger partial charge in [-0.2, -0.15) is 0 Å². The Morgan fingerprint density at radius 1 is 1.47 bits per heavy atom. The fourth-order valence-electron chi connectivity index (χ4n) is 2.28. The Bertz CT molecular complexity index is 395. The van der Waals surface area contributed by atoms with Gasteiger partial charge in [-0.05, 0) is 32.6 Å². The van der Waals surface area contributed by atoms with Crippen LogP contribution in [0, 0.1) is 0 Å². The molecule has 7 heteroatoms. The Morgan fingerprint density at radius 3 is 2.74 bits per heavy atom. The summed E-state index contributed by atoms with van der Waals surface area (Å²) in [5.74, 6) is 0.0808. The second-order valence-electron chi connectivity index (χ2n) is 5.37. The predicted molar refractivity (Wildman–Crippen MR) is 75.1 cm³/mol. The first-order valence-corrected chi connectivity index (χ1v) is 8.68. The van der Waals surface area contributed by atoms with Crippen LogP contribution in [0.4, 0.5) is 0 Å². The number of hydrogen-bond donors (Lipinski definition) is 2. The van der Waals surface area contributed by atoms with Crippen LogP contribution in [0.15, 0.2) is 0 Å². The maximum absolute atomic E-state index is 12.1. The van der Waals surface area contributed by atoms with Crippen LogP contribution in [0.25, 0.3) is 0 Å². The number of carbonyl (C=O) groups is 1. The molecule has 6 nitrogen and oxygen atoms in total. The van der Waals surface area contributed by atoms with Gasteiger partial charge in [-0.1, -0.05) is 0 Å². The first-order valence-electron chi connectivity index (χ1n) is 6.79. The minimum Gasteiger partial charge on any atom is -0.338 e. The van der Waals surface area contributed by atoms with Gasteiger partial charge < -0.3 is 10.6 Å². The average Bonchev–Trinajstić information content (AvgIpc) is 2.33. The maximum atomic E-state index is 12.1. The van der Waals surface area contributed by atoms with Gasteiger partial charge in [0.2, 0.25) is 15.9 Å². The SMILES string of the molecule is CC(N)CCC(=O)N1CCCCC1CNS(C)(=O)=O. The van der Waals surface area contributed by atoms with E-state index in [1.165, 1.54) is 0 Å². The first kappa shape index (κ1) is 16.4. The van der Waals surface area contributed by atoms with Crippen molar-refractivity contribution in [2.45, 2.75) is 51.1 Å². The molecule has 0 bridgehead atoms. The zero-order valence-electron chi connectivity index (χ0n) is 11.8. The second-order valence-corrected chi connectivity index (χ2v) is 7.21. The standard InChI is InChI=1S/C12H25N3O3S/c1-10(13)6-7-12(16)15-8-4-3-5-11(15)9-14-19(2,17)18/h10-11,14H,3-9,13H2,1-2H3. The Kier molecular flexibility index (Phi) is 6.22. The summed E-state index contributed by atoms with van der Waals surface area (Å²) in [5.41, 5.74) is 5.66. The number of hydrogen-bond acceptors (Lipinski definition) is 4. The van der Waals surface area contributed by atoms with E-state index in [-0.39, 0.29) is 18.0 Å². The zero-order chi connectivity index (χ0) is 14.5. The monoisotopic (exact) mass is 291 g/mol. The normalized spacial score (nSPS) is 22.3. The molecule has 1 fully saturated rings. The highest BCUT2D eigenvalue weighted by Gasteiger charge is 2.26. The number of nitrogens with zero attached hydrogens (tertiary/aromatic N) is 1. The van der Waals surface area contributed by atoms with Gasteiger partial charge in [0.05, 0.1) is 6.26 Å². The molecular weight excluding hydrogens is 266 g/mol. The van der Waals surface area contributed by atoms with Crippen LogP contribution < -0.4 is 10.5 Å². The number of likely N-dealkylation sites (tertiary alicyclic amines) is 1. The summed E-state index contributed by atoms with van der Waals surface area (Å²) < 4.78 is 24.8. The minimum atomic E-state index is -3.21. The van der Waals surface area contributed by atoms with Crippen molar-refractivity contribution in [3.05, 3.63) is 0 Å². The van der Waals surface area contributed by atoms with E-state index in [9.17, 15) is 13.2 Å². The second kappa shape index (κ2) is 7.21. The molecule has 19 heavy (non-hydrogen) atoms. The zero-order valence-corrected chi connectivity index (χ0v) is 12.6. The summed E-state index contributed by atoms with van der Waals surface area (Å²) in [6.45, 7) is 2.91. The number of amides is 1. The maximum Gasteiger partial charge on any atom is 0.222 e. The van der Waals surface area contributed by atoms with Gasteiger partial charge in [-0.15, -0.1) is 0 Å². The fourth-order valence-corrected chi connectivity index (χ4v) is 2.78. The molecule has 0 aliphatic carbocycles. The van der Waals surface area contributed by atoms with E-state index in [1.807, 2.05) is 11.8 Å². The third-order valence-electron chi connectivity index (χ3n) is 3.34. The molecule has 1 amide bonds. The molecule has 0 saturated carbocycles. The quantitative estimate of drug-likeness (QED) is 0.723. The van der Waals surface area contributed by atoms with E-state index < -0.39 is 10.0 Å². The average molecular weight is 291 g/mol. The highest BCUT2D eigenvalue weighted by molar-refractivity contribution is 7.88. The first-order chi connectivity index (χ1) is 8.79. The minimum absolute atomic E-state index is 0.0151. The van der Waals surface area contributed by atoms with Crippen LogP contribution in [0.2, 0.25) is 0 Å². The number of carbonyl (C=O) groups excluding carboxylic acids is 1. The number of nitrogens with two attached hydrogens (primary N) is 1. The van der Waals surface area contributed by atoms with Crippen molar-refractivity contribution < 1.29 is 13.2 Å². The highest BCUT2D eigenvalue weighted by Crippen LogP contribution is 2.18. The molecule has 2 unspecified atom stereocenters. The molecule has 0 aromatic carbocycles. The third-order valence-corrected chi connectivity index (χ3v) is 4.03. The van der Waals surface area contributed by atoms with Gasteiger partial charge in [0, 0.05) is 31.6 Å². The van der Waals surface area contributed by atoms with Crippen molar-refractivity contribution in [3.63, 3.8) is 0 Å². The lowest BCUT2D eigenvalue weighted by Crippen LogP contribution is -2.49. The summed E-state index contributed by atoms with van der Waals surface area (Å²) in [6, 6.07) is -0.00890. The van der Waals surface area contributed by atoms with Gasteiger partial charge in [-0.25, -0.2) is 13.1 Å². The Labute approximate surface area is 115 Å². The topological polar surface area (TPSA) is 92.5 Å². The molecule has 1 rings (SSSR count). The van der Waals surface area contributed by atoms with E-state index in [0.29, 0.717) is 25.9 Å². The molecular formula is C12H25N3O3S. The molecule has 1 aliphatic heterocycles. The summed E-state index contributed by atoms with van der Waals surface area (Å²) in [5, 5.41) is 0. The molecule has 1 saturated heterocycles. The predicted octanol–water partition coefficient (Wildman–Crippen LogP) is 0.0441. The van der Waals surface area contributed by atoms with Gasteiger partial charge in [0.1, 0.15) is 0 Å². The van der Waals surface area contributed by atoms with E-state index in [1.54, 1.807) is 0 Å². The van der Waals surface area contributed by atoms with Crippen LogP contribution in [0.1, 0.15) is 39.0 Å². The number of nitrogens with one attached hydrogen (secondary N) is 1. The van der Waals surface area contributed by atoms with Crippen molar-refractivity contribution in [1.29, 1.82) is 0 Å². The van der Waals surface area contributed by atoms with E-state index in [0.717, 1.165) is 25.5 Å². The lowest BCUT2D eigenvalue weighted by Gasteiger charge is -2.36.